The molecular weight excluding hydrogens is 416 g/mol. The molecule has 1 aliphatic rings. The molecule has 170 valence electrons. The van der Waals surface area contributed by atoms with Crippen LogP contribution in [0.3, 0.4) is 0 Å². The summed E-state index contributed by atoms with van der Waals surface area (Å²) in [6.45, 7) is 7.94. The van der Waals surface area contributed by atoms with Crippen molar-refractivity contribution in [1.29, 1.82) is 10.7 Å². The fourth-order valence-electron chi connectivity index (χ4n) is 3.86. The summed E-state index contributed by atoms with van der Waals surface area (Å²) in [5, 5.41) is 17.6. The Hall–Kier alpha value is -3.92. The van der Waals surface area contributed by atoms with Crippen molar-refractivity contribution in [2.45, 2.75) is 33.6 Å². The summed E-state index contributed by atoms with van der Waals surface area (Å²) in [6.07, 6.45) is 0. The number of nitrogens with two attached hydrogens (primary N) is 1. The molecule has 3 N–H and O–H groups in total. The number of likely N-dealkylation sites (tertiary alicyclic amines) is 1. The molecule has 0 unspecified atom stereocenters. The predicted octanol–water partition coefficient (Wildman–Crippen LogP) is 3.58. The fraction of sp³-hybridized carbons (Fsp3) is 0.308. The van der Waals surface area contributed by atoms with Crippen molar-refractivity contribution >= 4 is 17.6 Å². The Balaban J connectivity index is 1.77. The highest BCUT2D eigenvalue weighted by molar-refractivity contribution is 6.12. The van der Waals surface area contributed by atoms with Gasteiger partial charge in [0, 0.05) is 37.1 Å². The smallest absolute Gasteiger partial charge is 0.303 e. The number of nitrogens with zero attached hydrogens (tertiary/aromatic N) is 2. The lowest BCUT2D eigenvalue weighted by Crippen LogP contribution is -2.48. The van der Waals surface area contributed by atoms with Crippen molar-refractivity contribution in [3.63, 3.8) is 0 Å². The Morgan fingerprint density at radius 1 is 1.12 bits per heavy atom. The molecule has 1 saturated heterocycles. The van der Waals surface area contributed by atoms with Gasteiger partial charge in [0.05, 0.1) is 23.0 Å². The number of hydrogen-bond donors (Lipinski definition) is 2. The SMILES string of the molecule is CC(=O)OC/C(N)=C(\C)C(=N)c1cc(C(=O)N2CC(c3ccc(C#N)cc3)C2)c(C)cc1C. The molecule has 1 heterocycles. The van der Waals surface area contributed by atoms with E-state index in [1.165, 1.54) is 6.92 Å². The molecule has 7 nitrogen and oxygen atoms in total. The van der Waals surface area contributed by atoms with Gasteiger partial charge in [0.25, 0.3) is 5.91 Å². The highest BCUT2D eigenvalue weighted by Gasteiger charge is 2.33. The zero-order valence-electron chi connectivity index (χ0n) is 19.4. The first-order valence-electron chi connectivity index (χ1n) is 10.7. The maximum atomic E-state index is 13.2. The number of carbonyl (C=O) groups excluding carboxylic acids is 2. The number of hydrogen-bond acceptors (Lipinski definition) is 6. The van der Waals surface area contributed by atoms with E-state index < -0.39 is 5.97 Å². The summed E-state index contributed by atoms with van der Waals surface area (Å²) >= 11 is 0. The van der Waals surface area contributed by atoms with Crippen LogP contribution in [-0.2, 0) is 9.53 Å². The third-order valence-electron chi connectivity index (χ3n) is 6.04. The minimum absolute atomic E-state index is 0.0686. The van der Waals surface area contributed by atoms with Crippen LogP contribution in [0.25, 0.3) is 0 Å². The predicted molar refractivity (Wildman–Crippen MR) is 126 cm³/mol. The van der Waals surface area contributed by atoms with E-state index in [1.807, 2.05) is 32.0 Å². The maximum Gasteiger partial charge on any atom is 0.303 e. The number of benzene rings is 2. The van der Waals surface area contributed by atoms with Gasteiger partial charge in [-0.2, -0.15) is 5.26 Å². The molecule has 0 aliphatic carbocycles. The van der Waals surface area contributed by atoms with Gasteiger partial charge in [-0.05, 0) is 61.2 Å². The number of nitrogens with one attached hydrogen (secondary N) is 1. The summed E-state index contributed by atoms with van der Waals surface area (Å²) in [5.41, 5.74) is 11.7. The molecule has 0 saturated carbocycles. The van der Waals surface area contributed by atoms with Crippen LogP contribution in [0.5, 0.6) is 0 Å². The van der Waals surface area contributed by atoms with Gasteiger partial charge in [0.15, 0.2) is 0 Å². The summed E-state index contributed by atoms with van der Waals surface area (Å²) < 4.78 is 4.94. The molecule has 0 radical (unpaired) electrons. The van der Waals surface area contributed by atoms with E-state index in [0.717, 1.165) is 16.7 Å². The van der Waals surface area contributed by atoms with Gasteiger partial charge in [-0.1, -0.05) is 18.2 Å². The van der Waals surface area contributed by atoms with Crippen molar-refractivity contribution < 1.29 is 14.3 Å². The first kappa shape index (κ1) is 23.7. The standard InChI is InChI=1S/C26H28N4O3/c1-15-9-16(2)23(10-22(15)25(29)17(3)24(28)14-33-18(4)31)26(32)30-12-21(13-30)20-7-5-19(11-27)6-8-20/h5-10,21,29H,12-14,28H2,1-4H3/b24-17-,29-25?. The van der Waals surface area contributed by atoms with Crippen molar-refractivity contribution in [3.05, 3.63) is 81.0 Å². The molecule has 2 aromatic rings. The van der Waals surface area contributed by atoms with Crippen LogP contribution in [0.2, 0.25) is 0 Å². The number of esters is 1. The van der Waals surface area contributed by atoms with Gasteiger partial charge in [0.2, 0.25) is 0 Å². The van der Waals surface area contributed by atoms with Gasteiger partial charge >= 0.3 is 5.97 Å². The lowest BCUT2D eigenvalue weighted by Gasteiger charge is -2.40. The third kappa shape index (κ3) is 5.12. The lowest BCUT2D eigenvalue weighted by atomic mass is 9.89. The molecule has 2 aromatic carbocycles. The Labute approximate surface area is 194 Å². The summed E-state index contributed by atoms with van der Waals surface area (Å²) in [7, 11) is 0. The summed E-state index contributed by atoms with van der Waals surface area (Å²) in [4.78, 5) is 26.1. The second-order valence-corrected chi connectivity index (χ2v) is 8.43. The van der Waals surface area contributed by atoms with Gasteiger partial charge in [-0.3, -0.25) is 15.0 Å². The first-order chi connectivity index (χ1) is 15.6. The molecule has 3 rings (SSSR count). The van der Waals surface area contributed by atoms with E-state index in [-0.39, 0.29) is 24.1 Å². The molecule has 0 aromatic heterocycles. The van der Waals surface area contributed by atoms with Gasteiger partial charge < -0.3 is 15.4 Å². The lowest BCUT2D eigenvalue weighted by molar-refractivity contribution is -0.140. The highest BCUT2D eigenvalue weighted by atomic mass is 16.5. The average Bonchev–Trinajstić information content (AvgIpc) is 2.75. The molecule has 0 bridgehead atoms. The molecule has 1 aliphatic heterocycles. The van der Waals surface area contributed by atoms with E-state index in [9.17, 15) is 9.59 Å². The van der Waals surface area contributed by atoms with Gasteiger partial charge in [-0.15, -0.1) is 0 Å². The van der Waals surface area contributed by atoms with Gasteiger partial charge in [-0.25, -0.2) is 0 Å². The molecule has 0 spiro atoms. The van der Waals surface area contributed by atoms with E-state index in [2.05, 4.69) is 6.07 Å². The molecule has 1 amide bonds. The maximum absolute atomic E-state index is 13.2. The highest BCUT2D eigenvalue weighted by Crippen LogP contribution is 2.30. The first-order valence-corrected chi connectivity index (χ1v) is 10.7. The van der Waals surface area contributed by atoms with Crippen molar-refractivity contribution in [2.24, 2.45) is 5.73 Å². The Morgan fingerprint density at radius 2 is 1.73 bits per heavy atom. The monoisotopic (exact) mass is 444 g/mol. The number of carbonyl (C=O) groups is 2. The van der Waals surface area contributed by atoms with Crippen LogP contribution in [0.4, 0.5) is 0 Å². The van der Waals surface area contributed by atoms with E-state index in [0.29, 0.717) is 41.1 Å². The molecule has 1 fully saturated rings. The summed E-state index contributed by atoms with van der Waals surface area (Å²) in [5.74, 6) is -0.261. The number of allylic oxidation sites excluding steroid dienone is 1. The Kier molecular flexibility index (Phi) is 6.98. The van der Waals surface area contributed by atoms with E-state index >= 15 is 0 Å². The minimum Gasteiger partial charge on any atom is -0.459 e. The second kappa shape index (κ2) is 9.70. The van der Waals surface area contributed by atoms with Crippen LogP contribution in [-0.4, -0.2) is 42.2 Å². The van der Waals surface area contributed by atoms with Crippen LogP contribution < -0.4 is 5.73 Å². The van der Waals surface area contributed by atoms with Crippen LogP contribution >= 0.6 is 0 Å². The van der Waals surface area contributed by atoms with Crippen molar-refractivity contribution in [2.75, 3.05) is 19.7 Å². The summed E-state index contributed by atoms with van der Waals surface area (Å²) in [6, 6.07) is 13.3. The zero-order valence-corrected chi connectivity index (χ0v) is 19.4. The second-order valence-electron chi connectivity index (χ2n) is 8.43. The van der Waals surface area contributed by atoms with E-state index in [4.69, 9.17) is 21.1 Å². The largest absolute Gasteiger partial charge is 0.459 e. The van der Waals surface area contributed by atoms with E-state index in [1.54, 1.807) is 30.0 Å². The van der Waals surface area contributed by atoms with Crippen LogP contribution in [0.15, 0.2) is 47.7 Å². The van der Waals surface area contributed by atoms with Gasteiger partial charge in [0.1, 0.15) is 6.61 Å². The fourth-order valence-corrected chi connectivity index (χ4v) is 3.86. The number of ether oxygens (including phenoxy) is 1. The minimum atomic E-state index is -0.439. The topological polar surface area (TPSA) is 120 Å². The molecule has 33 heavy (non-hydrogen) atoms. The van der Waals surface area contributed by atoms with Crippen molar-refractivity contribution in [3.8, 4) is 6.07 Å². The number of nitriles is 1. The third-order valence-corrected chi connectivity index (χ3v) is 6.04. The zero-order chi connectivity index (χ0) is 24.3. The molecule has 7 heteroatoms. The quantitative estimate of drug-likeness (QED) is 0.521. The molecular formula is C26H28N4O3. The Bertz CT molecular complexity index is 1180. The van der Waals surface area contributed by atoms with Crippen LogP contribution in [0, 0.1) is 30.6 Å². The number of amides is 1. The normalized spacial score (nSPS) is 14.1. The van der Waals surface area contributed by atoms with Crippen LogP contribution in [0.1, 0.15) is 57.9 Å². The Morgan fingerprint density at radius 3 is 2.30 bits per heavy atom. The average molecular weight is 445 g/mol. The number of aryl methyl sites for hydroxylation is 2. The van der Waals surface area contributed by atoms with Crippen molar-refractivity contribution in [1.82, 2.24) is 4.90 Å². The molecule has 0 atom stereocenters. The number of rotatable bonds is 6.